The monoisotopic (exact) mass is 390 g/mol. The highest BCUT2D eigenvalue weighted by Crippen LogP contribution is 2.33. The van der Waals surface area contributed by atoms with E-state index in [0.29, 0.717) is 36.1 Å². The Hall–Kier alpha value is -3.13. The van der Waals surface area contributed by atoms with E-state index < -0.39 is 11.6 Å². The van der Waals surface area contributed by atoms with Gasteiger partial charge < -0.3 is 20.1 Å². The summed E-state index contributed by atoms with van der Waals surface area (Å²) in [5.74, 6) is 0.123. The summed E-state index contributed by atoms with van der Waals surface area (Å²) in [4.78, 5) is 7.99. The molecule has 2 heterocycles. The fourth-order valence-electron chi connectivity index (χ4n) is 2.48. The first-order chi connectivity index (χ1) is 13.1. The van der Waals surface area contributed by atoms with Gasteiger partial charge in [0.25, 0.3) is 0 Å². The van der Waals surface area contributed by atoms with Gasteiger partial charge in [0.05, 0.1) is 11.2 Å². The lowest BCUT2D eigenvalue weighted by atomic mass is 10.2. The number of halogens is 3. The lowest BCUT2D eigenvalue weighted by molar-refractivity contribution is 0.171. The number of ether oxygens (including phenoxy) is 2. The van der Waals surface area contributed by atoms with Crippen LogP contribution in [0.15, 0.2) is 42.6 Å². The van der Waals surface area contributed by atoms with E-state index in [4.69, 9.17) is 21.1 Å². The molecule has 0 spiro atoms. The Kier molecular flexibility index (Phi) is 4.64. The third-order valence-corrected chi connectivity index (χ3v) is 4.01. The first-order valence-electron chi connectivity index (χ1n) is 8.00. The van der Waals surface area contributed by atoms with Gasteiger partial charge in [-0.15, -0.1) is 0 Å². The minimum atomic E-state index is -0.632. The molecule has 0 aliphatic carbocycles. The van der Waals surface area contributed by atoms with Gasteiger partial charge in [0, 0.05) is 17.4 Å². The molecule has 27 heavy (non-hydrogen) atoms. The molecule has 0 radical (unpaired) electrons. The van der Waals surface area contributed by atoms with Crippen LogP contribution in [-0.2, 0) is 0 Å². The van der Waals surface area contributed by atoms with Gasteiger partial charge in [0.2, 0.25) is 5.95 Å². The lowest BCUT2D eigenvalue weighted by Gasteiger charge is -2.19. The van der Waals surface area contributed by atoms with Crippen LogP contribution in [0.3, 0.4) is 0 Å². The Morgan fingerprint density at radius 1 is 0.889 bits per heavy atom. The fourth-order valence-corrected chi connectivity index (χ4v) is 2.66. The quantitative estimate of drug-likeness (QED) is 0.675. The molecule has 0 fully saturated rings. The van der Waals surface area contributed by atoms with Crippen LogP contribution in [-0.4, -0.2) is 23.2 Å². The van der Waals surface area contributed by atoms with Crippen molar-refractivity contribution in [2.45, 2.75) is 0 Å². The molecule has 1 aliphatic heterocycles. The van der Waals surface area contributed by atoms with Gasteiger partial charge in [0.15, 0.2) is 23.1 Å². The molecular weight excluding hydrogens is 378 g/mol. The van der Waals surface area contributed by atoms with Crippen molar-refractivity contribution < 1.29 is 18.3 Å². The number of aromatic nitrogens is 2. The largest absolute Gasteiger partial charge is 0.486 e. The van der Waals surface area contributed by atoms with Crippen molar-refractivity contribution in [1.29, 1.82) is 0 Å². The van der Waals surface area contributed by atoms with Gasteiger partial charge >= 0.3 is 0 Å². The zero-order chi connectivity index (χ0) is 18.8. The number of rotatable bonds is 4. The standard InChI is InChI=1S/C18H13ClF2N4O2/c19-12-7-10(1-3-13(12)20)24-18-22-9-14(21)17(25-18)23-11-2-4-15-16(8-11)27-6-5-26-15/h1-4,7-9H,5-6H2,(H2,22,23,24,25). The molecule has 0 saturated carbocycles. The topological polar surface area (TPSA) is 68.3 Å². The van der Waals surface area contributed by atoms with Crippen LogP contribution in [0.4, 0.5) is 31.9 Å². The van der Waals surface area contributed by atoms with Crippen molar-refractivity contribution in [3.63, 3.8) is 0 Å². The lowest BCUT2D eigenvalue weighted by Crippen LogP contribution is -2.15. The van der Waals surface area contributed by atoms with Gasteiger partial charge in [-0.2, -0.15) is 4.98 Å². The highest BCUT2D eigenvalue weighted by molar-refractivity contribution is 6.31. The first kappa shape index (κ1) is 17.3. The number of nitrogens with zero attached hydrogens (tertiary/aromatic N) is 2. The molecule has 0 bridgehead atoms. The molecule has 0 amide bonds. The summed E-state index contributed by atoms with van der Waals surface area (Å²) in [6.07, 6.45) is 1.03. The summed E-state index contributed by atoms with van der Waals surface area (Å²) in [6, 6.07) is 9.22. The molecule has 3 aromatic rings. The SMILES string of the molecule is Fc1ccc(Nc2ncc(F)c(Nc3ccc4c(c3)OCCO4)n2)cc1Cl. The molecule has 0 unspecified atom stereocenters. The van der Waals surface area contributed by atoms with Crippen LogP contribution in [0, 0.1) is 11.6 Å². The number of fused-ring (bicyclic) bond motifs is 1. The zero-order valence-corrected chi connectivity index (χ0v) is 14.6. The number of nitrogens with one attached hydrogen (secondary N) is 2. The van der Waals surface area contributed by atoms with E-state index in [9.17, 15) is 8.78 Å². The van der Waals surface area contributed by atoms with Crippen LogP contribution in [0.25, 0.3) is 0 Å². The highest BCUT2D eigenvalue weighted by atomic mass is 35.5. The minimum Gasteiger partial charge on any atom is -0.486 e. The van der Waals surface area contributed by atoms with Crippen molar-refractivity contribution in [3.05, 3.63) is 59.3 Å². The number of hydrogen-bond donors (Lipinski definition) is 2. The van der Waals surface area contributed by atoms with E-state index >= 15 is 0 Å². The zero-order valence-electron chi connectivity index (χ0n) is 13.8. The molecule has 2 aromatic carbocycles. The maximum Gasteiger partial charge on any atom is 0.229 e. The van der Waals surface area contributed by atoms with Gasteiger partial charge in [-0.25, -0.2) is 13.8 Å². The summed E-state index contributed by atoms with van der Waals surface area (Å²) < 4.78 is 38.3. The molecular formula is C18H13ClF2N4O2. The molecule has 1 aromatic heterocycles. The van der Waals surface area contributed by atoms with Crippen molar-refractivity contribution in [2.24, 2.45) is 0 Å². The van der Waals surface area contributed by atoms with E-state index in [1.54, 1.807) is 18.2 Å². The summed E-state index contributed by atoms with van der Waals surface area (Å²) in [5, 5.41) is 5.69. The van der Waals surface area contributed by atoms with Gasteiger partial charge in [-0.05, 0) is 30.3 Å². The fraction of sp³-hybridized carbons (Fsp3) is 0.111. The summed E-state index contributed by atoms with van der Waals surface area (Å²) in [7, 11) is 0. The van der Waals surface area contributed by atoms with Crippen LogP contribution in [0.1, 0.15) is 0 Å². The van der Waals surface area contributed by atoms with Crippen molar-refractivity contribution >= 4 is 34.7 Å². The van der Waals surface area contributed by atoms with E-state index in [1.165, 1.54) is 18.2 Å². The Labute approximate surface area is 158 Å². The predicted octanol–water partition coefficient (Wildman–Crippen LogP) is 4.67. The van der Waals surface area contributed by atoms with Crippen molar-refractivity contribution in [2.75, 3.05) is 23.8 Å². The normalized spacial score (nSPS) is 12.6. The third kappa shape index (κ3) is 3.85. The number of benzene rings is 2. The van der Waals surface area contributed by atoms with E-state index in [2.05, 4.69) is 20.6 Å². The van der Waals surface area contributed by atoms with E-state index in [0.717, 1.165) is 6.20 Å². The maximum absolute atomic E-state index is 14.1. The average molecular weight is 391 g/mol. The number of hydrogen-bond acceptors (Lipinski definition) is 6. The predicted molar refractivity (Wildman–Crippen MR) is 97.4 cm³/mol. The molecule has 0 atom stereocenters. The molecule has 138 valence electrons. The summed E-state index contributed by atoms with van der Waals surface area (Å²) >= 11 is 5.75. The van der Waals surface area contributed by atoms with Crippen LogP contribution < -0.4 is 20.1 Å². The minimum absolute atomic E-state index is 0.0302. The van der Waals surface area contributed by atoms with Gasteiger partial charge in [0.1, 0.15) is 19.0 Å². The molecule has 1 aliphatic rings. The van der Waals surface area contributed by atoms with Gasteiger partial charge in [-0.3, -0.25) is 0 Å². The Bertz CT molecular complexity index is 1000. The molecule has 9 heteroatoms. The second-order valence-electron chi connectivity index (χ2n) is 5.63. The second kappa shape index (κ2) is 7.24. The van der Waals surface area contributed by atoms with Crippen LogP contribution in [0.5, 0.6) is 11.5 Å². The second-order valence-corrected chi connectivity index (χ2v) is 6.03. The molecule has 4 rings (SSSR count). The average Bonchev–Trinajstić information content (AvgIpc) is 2.67. The molecule has 2 N–H and O–H groups in total. The van der Waals surface area contributed by atoms with Crippen LogP contribution in [0.2, 0.25) is 5.02 Å². The summed E-state index contributed by atoms with van der Waals surface area (Å²) in [5.41, 5.74) is 1.05. The number of anilines is 4. The first-order valence-corrected chi connectivity index (χ1v) is 8.37. The summed E-state index contributed by atoms with van der Waals surface area (Å²) in [6.45, 7) is 0.940. The molecule has 0 saturated heterocycles. The van der Waals surface area contributed by atoms with Gasteiger partial charge in [-0.1, -0.05) is 11.6 Å². The maximum atomic E-state index is 14.1. The van der Waals surface area contributed by atoms with E-state index in [-0.39, 0.29) is 16.8 Å². The highest BCUT2D eigenvalue weighted by Gasteiger charge is 2.14. The Morgan fingerprint density at radius 3 is 2.44 bits per heavy atom. The van der Waals surface area contributed by atoms with E-state index in [1.807, 2.05) is 0 Å². The smallest absolute Gasteiger partial charge is 0.229 e. The molecule has 6 nitrogen and oxygen atoms in total. The van der Waals surface area contributed by atoms with Crippen LogP contribution >= 0.6 is 11.6 Å². The van der Waals surface area contributed by atoms with Crippen molar-refractivity contribution in [3.8, 4) is 11.5 Å². The Morgan fingerprint density at radius 2 is 1.63 bits per heavy atom. The van der Waals surface area contributed by atoms with Crippen molar-refractivity contribution in [1.82, 2.24) is 9.97 Å². The Balaban J connectivity index is 1.56. The third-order valence-electron chi connectivity index (χ3n) is 3.72.